The average Bonchev–Trinajstić information content (AvgIpc) is 2.85. The zero-order chi connectivity index (χ0) is 23.4. The fourth-order valence-corrected chi connectivity index (χ4v) is 3.52. The Morgan fingerprint density at radius 1 is 1.06 bits per heavy atom. The summed E-state index contributed by atoms with van der Waals surface area (Å²) in [6.45, 7) is 2.09. The van der Waals surface area contributed by atoms with Crippen LogP contribution in [0.15, 0.2) is 70.3 Å². The topological polar surface area (TPSA) is 119 Å². The van der Waals surface area contributed by atoms with Crippen LogP contribution in [0.3, 0.4) is 0 Å². The molecule has 0 saturated heterocycles. The number of nitrogens with one attached hydrogen (secondary N) is 2. The van der Waals surface area contributed by atoms with Gasteiger partial charge in [-0.1, -0.05) is 25.1 Å². The number of benzene rings is 2. The molecule has 0 aliphatic carbocycles. The lowest BCUT2D eigenvalue weighted by molar-refractivity contribution is 0.0926. The number of H-pyrrole nitrogens is 1. The number of carbonyl (C=O) groups is 1. The van der Waals surface area contributed by atoms with Crippen molar-refractivity contribution in [1.29, 1.82) is 0 Å². The van der Waals surface area contributed by atoms with Gasteiger partial charge in [0.05, 0.1) is 24.7 Å². The van der Waals surface area contributed by atoms with Crippen LogP contribution in [-0.4, -0.2) is 39.0 Å². The first-order valence-electron chi connectivity index (χ1n) is 10.5. The Kier molecular flexibility index (Phi) is 6.30. The summed E-state index contributed by atoms with van der Waals surface area (Å²) in [5.41, 5.74) is 0.959. The van der Waals surface area contributed by atoms with E-state index in [2.05, 4.69) is 20.6 Å². The maximum absolute atomic E-state index is 12.9. The van der Waals surface area contributed by atoms with E-state index in [0.29, 0.717) is 22.9 Å². The van der Waals surface area contributed by atoms with E-state index in [1.54, 1.807) is 37.4 Å². The highest BCUT2D eigenvalue weighted by atomic mass is 16.5. The van der Waals surface area contributed by atoms with Crippen molar-refractivity contribution in [1.82, 2.24) is 25.3 Å². The lowest BCUT2D eigenvalue weighted by Crippen LogP contribution is -2.41. The minimum absolute atomic E-state index is 0.121. The van der Waals surface area contributed by atoms with Gasteiger partial charge in [-0.25, -0.2) is 9.78 Å². The zero-order valence-electron chi connectivity index (χ0n) is 18.2. The van der Waals surface area contributed by atoms with Gasteiger partial charge in [0, 0.05) is 23.1 Å². The second-order valence-corrected chi connectivity index (χ2v) is 7.49. The minimum Gasteiger partial charge on any atom is -0.497 e. The van der Waals surface area contributed by atoms with Crippen LogP contribution in [0.2, 0.25) is 0 Å². The van der Waals surface area contributed by atoms with Crippen molar-refractivity contribution in [2.24, 2.45) is 0 Å². The Labute approximate surface area is 189 Å². The summed E-state index contributed by atoms with van der Waals surface area (Å²) < 4.78 is 6.52. The Morgan fingerprint density at radius 2 is 1.79 bits per heavy atom. The predicted molar refractivity (Wildman–Crippen MR) is 124 cm³/mol. The standard InChI is InChI=1S/C24H23N5O4/c1-3-16(25-24(32)22-18-6-4-5-7-19(18)23(31)27-26-22)14-29-21(30)13-12-20(28-29)15-8-10-17(33-2)11-9-15/h4-13,16H,3,14H2,1-2H3,(H,25,32)(H,27,31)/t16-/m1/s1. The average molecular weight is 445 g/mol. The molecule has 0 spiro atoms. The molecule has 0 radical (unpaired) electrons. The van der Waals surface area contributed by atoms with E-state index in [9.17, 15) is 14.4 Å². The van der Waals surface area contributed by atoms with Crippen LogP contribution in [0, 0.1) is 0 Å². The molecule has 0 fully saturated rings. The molecule has 4 rings (SSSR count). The molecule has 168 valence electrons. The number of fused-ring (bicyclic) bond motifs is 1. The van der Waals surface area contributed by atoms with E-state index in [1.165, 1.54) is 10.7 Å². The van der Waals surface area contributed by atoms with Crippen LogP contribution in [0.25, 0.3) is 22.0 Å². The molecule has 1 atom stereocenters. The molecule has 0 saturated carbocycles. The lowest BCUT2D eigenvalue weighted by atomic mass is 10.1. The van der Waals surface area contributed by atoms with Crippen LogP contribution in [0.5, 0.6) is 5.75 Å². The first-order chi connectivity index (χ1) is 16.0. The van der Waals surface area contributed by atoms with E-state index < -0.39 is 5.91 Å². The fraction of sp³-hybridized carbons (Fsp3) is 0.208. The molecule has 1 amide bonds. The molecular formula is C24H23N5O4. The van der Waals surface area contributed by atoms with Gasteiger partial charge in [-0.2, -0.15) is 10.2 Å². The van der Waals surface area contributed by atoms with Crippen LogP contribution < -0.4 is 21.2 Å². The SMILES string of the molecule is CC[C@H](Cn1nc(-c2ccc(OC)cc2)ccc1=O)NC(=O)c1n[nH]c(=O)c2ccccc12. The molecular weight excluding hydrogens is 422 g/mol. The molecule has 0 aliphatic heterocycles. The predicted octanol–water partition coefficient (Wildman–Crippen LogP) is 2.36. The van der Waals surface area contributed by atoms with Crippen LogP contribution in [-0.2, 0) is 6.54 Å². The number of aromatic nitrogens is 4. The molecule has 0 aliphatic rings. The summed E-state index contributed by atoms with van der Waals surface area (Å²) in [6, 6.07) is 16.9. The Morgan fingerprint density at radius 3 is 2.48 bits per heavy atom. The first kappa shape index (κ1) is 21.9. The van der Waals surface area contributed by atoms with Gasteiger partial charge in [0.1, 0.15) is 5.75 Å². The summed E-state index contributed by atoms with van der Waals surface area (Å²) in [5, 5.41) is 14.5. The summed E-state index contributed by atoms with van der Waals surface area (Å²) in [5.74, 6) is 0.290. The molecule has 9 heteroatoms. The summed E-state index contributed by atoms with van der Waals surface area (Å²) in [6.07, 6.45) is 0.563. The van der Waals surface area contributed by atoms with Crippen molar-refractivity contribution in [3.63, 3.8) is 0 Å². The molecule has 0 bridgehead atoms. The molecule has 2 heterocycles. The first-order valence-corrected chi connectivity index (χ1v) is 10.5. The Hall–Kier alpha value is -4.27. The normalized spacial score (nSPS) is 11.8. The van der Waals surface area contributed by atoms with Gasteiger partial charge >= 0.3 is 0 Å². The Balaban J connectivity index is 1.57. The van der Waals surface area contributed by atoms with Crippen molar-refractivity contribution >= 4 is 16.7 Å². The molecule has 2 aromatic carbocycles. The van der Waals surface area contributed by atoms with Crippen molar-refractivity contribution < 1.29 is 9.53 Å². The molecule has 0 unspecified atom stereocenters. The zero-order valence-corrected chi connectivity index (χ0v) is 18.2. The van der Waals surface area contributed by atoms with Gasteiger partial charge in [0.2, 0.25) is 0 Å². The van der Waals surface area contributed by atoms with Crippen molar-refractivity contribution in [2.45, 2.75) is 25.9 Å². The number of aromatic amines is 1. The van der Waals surface area contributed by atoms with E-state index >= 15 is 0 Å². The second-order valence-electron chi connectivity index (χ2n) is 7.49. The molecule has 33 heavy (non-hydrogen) atoms. The molecule has 2 N–H and O–H groups in total. The van der Waals surface area contributed by atoms with E-state index in [1.807, 2.05) is 31.2 Å². The van der Waals surface area contributed by atoms with Gasteiger partial charge in [-0.15, -0.1) is 0 Å². The van der Waals surface area contributed by atoms with Crippen LogP contribution >= 0.6 is 0 Å². The van der Waals surface area contributed by atoms with Crippen LogP contribution in [0.4, 0.5) is 0 Å². The third-order valence-electron chi connectivity index (χ3n) is 5.38. The summed E-state index contributed by atoms with van der Waals surface area (Å²) in [4.78, 5) is 37.4. The lowest BCUT2D eigenvalue weighted by Gasteiger charge is -2.18. The maximum atomic E-state index is 12.9. The van der Waals surface area contributed by atoms with E-state index in [0.717, 1.165) is 11.3 Å². The number of carbonyl (C=O) groups excluding carboxylic acids is 1. The molecule has 4 aromatic rings. The number of nitrogens with zero attached hydrogens (tertiary/aromatic N) is 3. The summed E-state index contributed by atoms with van der Waals surface area (Å²) >= 11 is 0. The maximum Gasteiger partial charge on any atom is 0.272 e. The highest BCUT2D eigenvalue weighted by molar-refractivity contribution is 6.04. The number of rotatable bonds is 7. The Bertz CT molecular complexity index is 1410. The highest BCUT2D eigenvalue weighted by Crippen LogP contribution is 2.19. The second kappa shape index (κ2) is 9.47. The van der Waals surface area contributed by atoms with Gasteiger partial charge in [0.15, 0.2) is 5.69 Å². The number of amides is 1. The molecule has 2 aromatic heterocycles. The third-order valence-corrected chi connectivity index (χ3v) is 5.38. The van der Waals surface area contributed by atoms with E-state index in [4.69, 9.17) is 4.74 Å². The fourth-order valence-electron chi connectivity index (χ4n) is 3.52. The minimum atomic E-state index is -0.436. The number of methoxy groups -OCH3 is 1. The van der Waals surface area contributed by atoms with Crippen molar-refractivity contribution in [3.05, 3.63) is 87.1 Å². The quantitative estimate of drug-likeness (QED) is 0.451. The van der Waals surface area contributed by atoms with Crippen molar-refractivity contribution in [3.8, 4) is 17.0 Å². The largest absolute Gasteiger partial charge is 0.497 e. The van der Waals surface area contributed by atoms with Crippen LogP contribution in [0.1, 0.15) is 23.8 Å². The van der Waals surface area contributed by atoms with E-state index in [-0.39, 0.29) is 29.4 Å². The monoisotopic (exact) mass is 445 g/mol. The van der Waals surface area contributed by atoms with Crippen molar-refractivity contribution in [2.75, 3.05) is 7.11 Å². The number of ether oxygens (including phenoxy) is 1. The highest BCUT2D eigenvalue weighted by Gasteiger charge is 2.18. The smallest absolute Gasteiger partial charge is 0.272 e. The van der Waals surface area contributed by atoms with Gasteiger partial charge in [-0.05, 0) is 42.8 Å². The van der Waals surface area contributed by atoms with Gasteiger partial charge < -0.3 is 10.1 Å². The van der Waals surface area contributed by atoms with Gasteiger partial charge in [-0.3, -0.25) is 14.4 Å². The van der Waals surface area contributed by atoms with Gasteiger partial charge in [0.25, 0.3) is 17.0 Å². The summed E-state index contributed by atoms with van der Waals surface area (Å²) in [7, 11) is 1.60. The number of hydrogen-bond donors (Lipinski definition) is 2. The molecule has 9 nitrogen and oxygen atoms in total. The number of hydrogen-bond acceptors (Lipinski definition) is 6. The third kappa shape index (κ3) is 4.67.